The molecule has 0 fully saturated rings. The number of hydrogen-bond acceptors (Lipinski definition) is 3. The van der Waals surface area contributed by atoms with Crippen LogP contribution in [0.3, 0.4) is 0 Å². The number of hydrogen-bond donors (Lipinski definition) is 2. The molecule has 0 aliphatic rings. The smallest absolute Gasteiger partial charge is 0.141 e. The average molecular weight is 428 g/mol. The second-order valence-electron chi connectivity index (χ2n) is 6.00. The Balaban J connectivity index is 2.12. The Hall–Kier alpha value is -1.60. The first-order valence-electron chi connectivity index (χ1n) is 8.11. The molecule has 0 spiro atoms. The van der Waals surface area contributed by atoms with Gasteiger partial charge in [0.2, 0.25) is 0 Å². The van der Waals surface area contributed by atoms with Crippen LogP contribution in [0.4, 0.5) is 8.78 Å². The van der Waals surface area contributed by atoms with Crippen LogP contribution in [-0.2, 0) is 6.54 Å². The van der Waals surface area contributed by atoms with Crippen LogP contribution in [0, 0.1) is 18.6 Å². The molecule has 0 amide bonds. The molecule has 0 saturated carbocycles. The van der Waals surface area contributed by atoms with Crippen LogP contribution in [0.1, 0.15) is 34.3 Å². The fraction of sp³-hybridized carbons (Fsp3) is 0.211. The highest BCUT2D eigenvalue weighted by Gasteiger charge is 2.23. The summed E-state index contributed by atoms with van der Waals surface area (Å²) in [5, 5.41) is 0.0246. The van der Waals surface area contributed by atoms with Gasteiger partial charge in [-0.25, -0.2) is 13.8 Å². The minimum atomic E-state index is -0.503. The summed E-state index contributed by atoms with van der Waals surface area (Å²) in [5.74, 6) is -0.757. The molecule has 2 aromatic carbocycles. The number of H-pyrrole nitrogens is 1. The minimum absolute atomic E-state index is 0.0123. The molecule has 2 N–H and O–H groups in total. The zero-order valence-corrected chi connectivity index (χ0v) is 16.9. The molecular formula is C19H17Cl2F2N3S. The monoisotopic (exact) mass is 427 g/mol. The maximum atomic E-state index is 13.7. The first-order chi connectivity index (χ1) is 12.9. The van der Waals surface area contributed by atoms with Gasteiger partial charge in [-0.3, -0.25) is 4.72 Å². The fourth-order valence-corrected chi connectivity index (χ4v) is 3.52. The summed E-state index contributed by atoms with van der Waals surface area (Å²) in [6, 6.07) is 9.00. The lowest BCUT2D eigenvalue weighted by molar-refractivity contribution is 0.626. The van der Waals surface area contributed by atoms with Crippen LogP contribution in [0.15, 0.2) is 36.4 Å². The number of imidazole rings is 1. The number of halogens is 4. The molecule has 0 saturated heterocycles. The van der Waals surface area contributed by atoms with Gasteiger partial charge in [-0.1, -0.05) is 47.3 Å². The average Bonchev–Trinajstić information content (AvgIpc) is 2.99. The van der Waals surface area contributed by atoms with Gasteiger partial charge in [-0.2, -0.15) is 0 Å². The zero-order valence-electron chi connectivity index (χ0n) is 14.6. The molecule has 1 heterocycles. The molecule has 142 valence electrons. The lowest BCUT2D eigenvalue weighted by Gasteiger charge is -2.17. The van der Waals surface area contributed by atoms with Crippen LogP contribution >= 0.6 is 35.1 Å². The van der Waals surface area contributed by atoms with Crippen molar-refractivity contribution in [1.82, 2.24) is 14.7 Å². The Morgan fingerprint density at radius 3 is 2.11 bits per heavy atom. The zero-order chi connectivity index (χ0) is 19.6. The van der Waals surface area contributed by atoms with E-state index in [9.17, 15) is 8.78 Å². The lowest BCUT2D eigenvalue weighted by Crippen LogP contribution is -2.07. The molecule has 0 unspecified atom stereocenters. The molecular weight excluding hydrogens is 411 g/mol. The van der Waals surface area contributed by atoms with E-state index in [1.165, 1.54) is 24.1 Å². The van der Waals surface area contributed by atoms with Crippen molar-refractivity contribution in [3.63, 3.8) is 0 Å². The second-order valence-corrected chi connectivity index (χ2v) is 7.51. The highest BCUT2D eigenvalue weighted by molar-refractivity contribution is 7.96. The fourth-order valence-electron chi connectivity index (χ4n) is 2.86. The third-order valence-corrected chi connectivity index (χ3v) is 5.23. The van der Waals surface area contributed by atoms with E-state index in [1.54, 1.807) is 24.3 Å². The van der Waals surface area contributed by atoms with Gasteiger partial charge in [0.25, 0.3) is 0 Å². The summed E-state index contributed by atoms with van der Waals surface area (Å²) in [7, 11) is 0. The maximum absolute atomic E-state index is 13.7. The molecule has 0 bridgehead atoms. The van der Waals surface area contributed by atoms with E-state index in [1.807, 2.05) is 13.2 Å². The highest BCUT2D eigenvalue weighted by atomic mass is 35.5. The summed E-state index contributed by atoms with van der Waals surface area (Å²) < 4.78 is 30.5. The predicted molar refractivity (Wildman–Crippen MR) is 107 cm³/mol. The molecule has 3 aromatic rings. The molecule has 1 aromatic heterocycles. The number of aromatic nitrogens is 2. The van der Waals surface area contributed by atoms with Gasteiger partial charge >= 0.3 is 0 Å². The van der Waals surface area contributed by atoms with Gasteiger partial charge in [-0.15, -0.1) is 0 Å². The normalized spacial score (nSPS) is 11.4. The second kappa shape index (κ2) is 8.61. The van der Waals surface area contributed by atoms with Crippen LogP contribution in [0.2, 0.25) is 10.0 Å². The Morgan fingerprint density at radius 2 is 1.63 bits per heavy atom. The lowest BCUT2D eigenvalue weighted by atomic mass is 9.90. The predicted octanol–water partition coefficient (Wildman–Crippen LogP) is 5.85. The number of nitrogens with one attached hydrogen (secondary N) is 2. The van der Waals surface area contributed by atoms with E-state index >= 15 is 0 Å². The number of rotatable bonds is 6. The molecule has 0 radical (unpaired) electrons. The number of aryl methyl sites for hydroxylation is 1. The van der Waals surface area contributed by atoms with Crippen LogP contribution in [0.25, 0.3) is 0 Å². The van der Waals surface area contributed by atoms with Crippen molar-refractivity contribution in [3.8, 4) is 0 Å². The van der Waals surface area contributed by atoms with Gasteiger partial charge in [-0.05, 0) is 48.6 Å². The molecule has 27 heavy (non-hydrogen) atoms. The topological polar surface area (TPSA) is 40.7 Å². The maximum Gasteiger partial charge on any atom is 0.141 e. The van der Waals surface area contributed by atoms with E-state index in [2.05, 4.69) is 9.71 Å². The SMILES string of the molecule is CSNCc1nc(C(c2ccc(F)c(Cl)c2)c2ccc(F)c(Cl)c2)[nH]c1C. The minimum Gasteiger partial charge on any atom is -0.345 e. The van der Waals surface area contributed by atoms with Gasteiger partial charge in [0.05, 0.1) is 28.2 Å². The quantitative estimate of drug-likeness (QED) is 0.484. The van der Waals surface area contributed by atoms with E-state index in [-0.39, 0.29) is 10.0 Å². The van der Waals surface area contributed by atoms with Crippen LogP contribution in [0.5, 0.6) is 0 Å². The standard InChI is InChI=1S/C19H17Cl2F2N3S/c1-10-17(9-24-27-2)26-19(25-10)18(11-3-5-15(22)13(20)7-11)12-4-6-16(23)14(21)8-12/h3-8,18,24H,9H2,1-2H3,(H,25,26). The summed E-state index contributed by atoms with van der Waals surface area (Å²) >= 11 is 13.5. The van der Waals surface area contributed by atoms with Crippen molar-refractivity contribution in [2.75, 3.05) is 6.26 Å². The first-order valence-corrected chi connectivity index (χ1v) is 10.1. The third-order valence-electron chi connectivity index (χ3n) is 4.22. The first kappa shape index (κ1) is 20.1. The highest BCUT2D eigenvalue weighted by Crippen LogP contribution is 2.34. The van der Waals surface area contributed by atoms with E-state index in [0.717, 1.165) is 22.5 Å². The summed E-state index contributed by atoms with van der Waals surface area (Å²) in [4.78, 5) is 7.98. The summed E-state index contributed by atoms with van der Waals surface area (Å²) in [6.07, 6.45) is 1.94. The summed E-state index contributed by atoms with van der Waals surface area (Å²) in [6.45, 7) is 2.52. The van der Waals surface area contributed by atoms with Gasteiger partial charge < -0.3 is 4.98 Å². The van der Waals surface area contributed by atoms with Gasteiger partial charge in [0, 0.05) is 5.69 Å². The number of benzene rings is 2. The number of aromatic amines is 1. The Kier molecular flexibility index (Phi) is 6.42. The molecule has 3 nitrogen and oxygen atoms in total. The van der Waals surface area contributed by atoms with Crippen LogP contribution in [-0.4, -0.2) is 16.2 Å². The third kappa shape index (κ3) is 4.46. The molecule has 0 aliphatic heterocycles. The van der Waals surface area contributed by atoms with Crippen molar-refractivity contribution in [2.24, 2.45) is 0 Å². The molecule has 0 atom stereocenters. The van der Waals surface area contributed by atoms with Crippen LogP contribution < -0.4 is 4.72 Å². The Bertz CT molecular complexity index is 911. The van der Waals surface area contributed by atoms with Crippen molar-refractivity contribution in [2.45, 2.75) is 19.4 Å². The Labute approximate surface area is 170 Å². The Morgan fingerprint density at radius 1 is 1.07 bits per heavy atom. The van der Waals surface area contributed by atoms with Crippen molar-refractivity contribution in [3.05, 3.63) is 86.4 Å². The molecule has 3 rings (SSSR count). The van der Waals surface area contributed by atoms with Crippen molar-refractivity contribution < 1.29 is 8.78 Å². The van der Waals surface area contributed by atoms with Crippen molar-refractivity contribution in [1.29, 1.82) is 0 Å². The molecule has 8 heteroatoms. The van der Waals surface area contributed by atoms with Crippen molar-refractivity contribution >= 4 is 35.1 Å². The van der Waals surface area contributed by atoms with Gasteiger partial charge in [0.15, 0.2) is 0 Å². The van der Waals surface area contributed by atoms with E-state index in [0.29, 0.717) is 12.4 Å². The number of nitrogens with zero attached hydrogens (tertiary/aromatic N) is 1. The van der Waals surface area contributed by atoms with E-state index < -0.39 is 17.6 Å². The van der Waals surface area contributed by atoms with Gasteiger partial charge in [0.1, 0.15) is 17.5 Å². The molecule has 0 aliphatic carbocycles. The van der Waals surface area contributed by atoms with E-state index in [4.69, 9.17) is 28.2 Å². The largest absolute Gasteiger partial charge is 0.345 e. The summed E-state index contributed by atoms with van der Waals surface area (Å²) in [5.41, 5.74) is 3.23.